The van der Waals surface area contributed by atoms with Crippen molar-refractivity contribution in [2.45, 2.75) is 18.7 Å². The van der Waals surface area contributed by atoms with Gasteiger partial charge in [0.25, 0.3) is 5.91 Å². The van der Waals surface area contributed by atoms with Gasteiger partial charge in [-0.1, -0.05) is 6.92 Å². The van der Waals surface area contributed by atoms with Crippen molar-refractivity contribution in [1.82, 2.24) is 4.90 Å². The van der Waals surface area contributed by atoms with Crippen LogP contribution in [0.4, 0.5) is 4.39 Å². The van der Waals surface area contributed by atoms with Crippen LogP contribution < -0.4 is 0 Å². The minimum Gasteiger partial charge on any atom is -0.337 e. The summed E-state index contributed by atoms with van der Waals surface area (Å²) in [5.74, 6) is -0.167. The molecule has 1 aliphatic heterocycles. The van der Waals surface area contributed by atoms with Gasteiger partial charge in [-0.05, 0) is 46.5 Å². The van der Waals surface area contributed by atoms with Crippen LogP contribution in [0.15, 0.2) is 22.7 Å². The highest BCUT2D eigenvalue weighted by atomic mass is 79.9. The van der Waals surface area contributed by atoms with E-state index in [1.165, 1.54) is 12.1 Å². The van der Waals surface area contributed by atoms with Crippen LogP contribution in [0.1, 0.15) is 23.7 Å². The highest BCUT2D eigenvalue weighted by molar-refractivity contribution is 9.10. The monoisotopic (exact) mass is 333 g/mol. The Hall–Kier alpha value is -0.610. The molecule has 1 aromatic carbocycles. The Morgan fingerprint density at radius 1 is 1.56 bits per heavy atom. The highest BCUT2D eigenvalue weighted by Crippen LogP contribution is 2.25. The fraction of sp³-hybridized carbons (Fsp3) is 0.462. The van der Waals surface area contributed by atoms with Gasteiger partial charge in [-0.2, -0.15) is 0 Å². The topological polar surface area (TPSA) is 20.3 Å². The molecule has 5 heteroatoms. The van der Waals surface area contributed by atoms with Crippen molar-refractivity contribution in [3.05, 3.63) is 34.1 Å². The first-order valence-electron chi connectivity index (χ1n) is 5.87. The van der Waals surface area contributed by atoms with Gasteiger partial charge in [-0.3, -0.25) is 4.79 Å². The molecule has 1 aliphatic rings. The Balaban J connectivity index is 2.19. The second-order valence-electron chi connectivity index (χ2n) is 4.66. The van der Waals surface area contributed by atoms with Crippen molar-refractivity contribution in [2.75, 3.05) is 13.1 Å². The maximum Gasteiger partial charge on any atom is 0.255 e. The quantitative estimate of drug-likeness (QED) is 0.718. The standard InChI is InChI=1S/C13H14BrClFNO/c1-8-4-5-17(7-12(8)15)13(18)10-6-9(16)2-3-11(10)14/h2-3,6,8,12H,4-5,7H2,1H3. The molecule has 0 spiro atoms. The molecule has 0 aliphatic carbocycles. The first-order valence-corrected chi connectivity index (χ1v) is 7.10. The van der Waals surface area contributed by atoms with Gasteiger partial charge in [0.1, 0.15) is 5.82 Å². The Kier molecular flexibility index (Phi) is 4.28. The fourth-order valence-electron chi connectivity index (χ4n) is 2.04. The van der Waals surface area contributed by atoms with Gasteiger partial charge in [-0.15, -0.1) is 11.6 Å². The van der Waals surface area contributed by atoms with Crippen LogP contribution in [0.3, 0.4) is 0 Å². The molecular weight excluding hydrogens is 321 g/mol. The Morgan fingerprint density at radius 3 is 2.94 bits per heavy atom. The summed E-state index contributed by atoms with van der Waals surface area (Å²) in [6.45, 7) is 3.27. The molecule has 2 nitrogen and oxygen atoms in total. The zero-order chi connectivity index (χ0) is 13.3. The summed E-state index contributed by atoms with van der Waals surface area (Å²) < 4.78 is 13.8. The number of amides is 1. The molecule has 1 fully saturated rings. The molecule has 2 unspecified atom stereocenters. The smallest absolute Gasteiger partial charge is 0.255 e. The second kappa shape index (κ2) is 5.57. The number of likely N-dealkylation sites (tertiary alicyclic amines) is 1. The van der Waals surface area contributed by atoms with Crippen molar-refractivity contribution in [1.29, 1.82) is 0 Å². The number of carbonyl (C=O) groups excluding carboxylic acids is 1. The molecule has 1 aromatic rings. The highest BCUT2D eigenvalue weighted by Gasteiger charge is 2.28. The maximum absolute atomic E-state index is 13.2. The van der Waals surface area contributed by atoms with Crippen LogP contribution in [0, 0.1) is 11.7 Å². The predicted molar refractivity (Wildman–Crippen MR) is 73.4 cm³/mol. The van der Waals surface area contributed by atoms with Gasteiger partial charge in [-0.25, -0.2) is 4.39 Å². The Bertz CT molecular complexity index is 468. The van der Waals surface area contributed by atoms with Crippen molar-refractivity contribution in [2.24, 2.45) is 5.92 Å². The third-order valence-electron chi connectivity index (χ3n) is 3.31. The lowest BCUT2D eigenvalue weighted by molar-refractivity contribution is 0.0700. The first kappa shape index (κ1) is 13.8. The molecule has 2 atom stereocenters. The molecule has 0 N–H and O–H groups in total. The number of nitrogens with zero attached hydrogens (tertiary/aromatic N) is 1. The molecule has 0 aromatic heterocycles. The molecule has 0 saturated carbocycles. The third-order valence-corrected chi connectivity index (χ3v) is 4.57. The SMILES string of the molecule is CC1CCN(C(=O)c2cc(F)ccc2Br)CC1Cl. The van der Waals surface area contributed by atoms with E-state index in [0.717, 1.165) is 6.42 Å². The molecular formula is C13H14BrClFNO. The molecule has 18 heavy (non-hydrogen) atoms. The van der Waals surface area contributed by atoms with Gasteiger partial charge in [0, 0.05) is 17.6 Å². The summed E-state index contributed by atoms with van der Waals surface area (Å²) in [5, 5.41) is -0.0324. The van der Waals surface area contributed by atoms with Gasteiger partial charge in [0.05, 0.1) is 10.9 Å². The van der Waals surface area contributed by atoms with Crippen molar-refractivity contribution >= 4 is 33.4 Å². The van der Waals surface area contributed by atoms with E-state index in [1.54, 1.807) is 11.0 Å². The molecule has 1 saturated heterocycles. The van der Waals surface area contributed by atoms with Gasteiger partial charge in [0.15, 0.2) is 0 Å². The van der Waals surface area contributed by atoms with Gasteiger partial charge in [0.2, 0.25) is 0 Å². The van der Waals surface area contributed by atoms with E-state index in [-0.39, 0.29) is 11.3 Å². The van der Waals surface area contributed by atoms with E-state index < -0.39 is 5.82 Å². The van der Waals surface area contributed by atoms with E-state index in [4.69, 9.17) is 11.6 Å². The summed E-state index contributed by atoms with van der Waals surface area (Å²) in [7, 11) is 0. The maximum atomic E-state index is 13.2. The lowest BCUT2D eigenvalue weighted by Gasteiger charge is -2.34. The number of hydrogen-bond acceptors (Lipinski definition) is 1. The normalized spacial score (nSPS) is 24.1. The number of halogens is 3. The summed E-state index contributed by atoms with van der Waals surface area (Å²) in [4.78, 5) is 14.0. The van der Waals surface area contributed by atoms with Gasteiger partial charge < -0.3 is 4.90 Å². The van der Waals surface area contributed by atoms with Crippen LogP contribution in [0.5, 0.6) is 0 Å². The molecule has 2 rings (SSSR count). The van der Waals surface area contributed by atoms with E-state index in [9.17, 15) is 9.18 Å². The summed E-state index contributed by atoms with van der Waals surface area (Å²) in [6.07, 6.45) is 0.882. The number of carbonyl (C=O) groups is 1. The third kappa shape index (κ3) is 2.86. The number of benzene rings is 1. The van der Waals surface area contributed by atoms with Crippen molar-refractivity contribution < 1.29 is 9.18 Å². The number of alkyl halides is 1. The van der Waals surface area contributed by atoms with Gasteiger partial charge >= 0.3 is 0 Å². The van der Waals surface area contributed by atoms with Crippen LogP contribution >= 0.6 is 27.5 Å². The van der Waals surface area contributed by atoms with E-state index >= 15 is 0 Å². The molecule has 0 radical (unpaired) electrons. The summed E-state index contributed by atoms with van der Waals surface area (Å²) in [6, 6.07) is 4.13. The first-order chi connectivity index (χ1) is 8.49. The summed E-state index contributed by atoms with van der Waals surface area (Å²) >= 11 is 9.46. The lowest BCUT2D eigenvalue weighted by Crippen LogP contribution is -2.43. The number of rotatable bonds is 1. The average molecular weight is 335 g/mol. The number of piperidine rings is 1. The van der Waals surface area contributed by atoms with E-state index in [0.29, 0.717) is 29.0 Å². The molecule has 98 valence electrons. The summed E-state index contributed by atoms with van der Waals surface area (Å²) in [5.41, 5.74) is 0.355. The largest absolute Gasteiger partial charge is 0.337 e. The Labute approximate surface area is 119 Å². The van der Waals surface area contributed by atoms with E-state index in [1.807, 2.05) is 0 Å². The minimum absolute atomic E-state index is 0.0324. The van der Waals surface area contributed by atoms with Crippen LogP contribution in [0.25, 0.3) is 0 Å². The zero-order valence-electron chi connectivity index (χ0n) is 10.00. The zero-order valence-corrected chi connectivity index (χ0v) is 12.3. The van der Waals surface area contributed by atoms with Crippen molar-refractivity contribution in [3.8, 4) is 0 Å². The number of hydrogen-bond donors (Lipinski definition) is 0. The van der Waals surface area contributed by atoms with Crippen LogP contribution in [0.2, 0.25) is 0 Å². The molecule has 0 bridgehead atoms. The molecule has 1 heterocycles. The predicted octanol–water partition coefficient (Wildman–Crippen LogP) is 3.68. The fourth-order valence-corrected chi connectivity index (χ4v) is 2.75. The van der Waals surface area contributed by atoms with Crippen LogP contribution in [-0.2, 0) is 0 Å². The lowest BCUT2D eigenvalue weighted by atomic mass is 9.98. The van der Waals surface area contributed by atoms with Crippen LogP contribution in [-0.4, -0.2) is 29.3 Å². The second-order valence-corrected chi connectivity index (χ2v) is 6.07. The minimum atomic E-state index is -0.408. The average Bonchev–Trinajstić information content (AvgIpc) is 2.35. The Morgan fingerprint density at radius 2 is 2.28 bits per heavy atom. The molecule has 1 amide bonds. The van der Waals surface area contributed by atoms with E-state index in [2.05, 4.69) is 22.9 Å². The van der Waals surface area contributed by atoms with Crippen molar-refractivity contribution in [3.63, 3.8) is 0 Å².